The van der Waals surface area contributed by atoms with E-state index in [0.29, 0.717) is 0 Å². The van der Waals surface area contributed by atoms with Gasteiger partial charge in [0.05, 0.1) is 0 Å². The summed E-state index contributed by atoms with van der Waals surface area (Å²) in [6.07, 6.45) is 1.94. The van der Waals surface area contributed by atoms with Crippen molar-refractivity contribution in [3.63, 3.8) is 0 Å². The summed E-state index contributed by atoms with van der Waals surface area (Å²) in [4.78, 5) is 0. The van der Waals surface area contributed by atoms with Crippen LogP contribution in [-0.2, 0) is 11.4 Å². The molecule has 0 aliphatic carbocycles. The third-order valence-corrected chi connectivity index (χ3v) is 1.80. The van der Waals surface area contributed by atoms with Crippen molar-refractivity contribution in [3.8, 4) is 0 Å². The number of rotatable bonds is 1. The Labute approximate surface area is 93.5 Å². The van der Waals surface area contributed by atoms with Crippen molar-refractivity contribution in [1.82, 2.24) is 0 Å². The van der Waals surface area contributed by atoms with Crippen LogP contribution in [0.25, 0.3) is 0 Å². The second-order valence-corrected chi connectivity index (χ2v) is 2.91. The summed E-state index contributed by atoms with van der Waals surface area (Å²) in [5.41, 5.74) is 6.60. The number of benzene rings is 1. The summed E-state index contributed by atoms with van der Waals surface area (Å²) in [5.74, 6) is 0. The van der Waals surface area contributed by atoms with Crippen molar-refractivity contribution in [2.24, 2.45) is 5.73 Å². The lowest BCUT2D eigenvalue weighted by Gasteiger charge is -1.96. The molecule has 0 atom stereocenters. The molecule has 0 aromatic heterocycles. The van der Waals surface area contributed by atoms with E-state index in [1.807, 2.05) is 36.6 Å². The molecule has 2 nitrogen and oxygen atoms in total. The number of para-hydroxylation sites is 1. The lowest BCUT2D eigenvalue weighted by atomic mass is 10.3. The summed E-state index contributed by atoms with van der Waals surface area (Å²) >= 11 is 1.50. The minimum atomic E-state index is 0. The molecule has 0 fully saturated rings. The second-order valence-electron chi connectivity index (χ2n) is 2.06. The molecule has 12 heavy (non-hydrogen) atoms. The largest absolute Gasteiger partial charge is 1.00 e. The summed E-state index contributed by atoms with van der Waals surface area (Å²) in [5, 5.41) is 3.77. The number of halogens is 1. The normalized spacial score (nSPS) is 10.3. The Morgan fingerprint density at radius 3 is 2.42 bits per heavy atom. The average Bonchev–Trinajstić information content (AvgIpc) is 2.06. The standard InChI is InChI=1S/C8H11N2S.HI/c1-11-8(9)10-7-5-3-2-4-6-7;/h2-6,10H,9H2,1H3;1H/q+1;/p-1. The molecule has 0 unspecified atom stereocenters. The maximum atomic E-state index is 5.57. The first-order valence-corrected chi connectivity index (χ1v) is 4.54. The number of nitrogens with one attached hydrogen (secondary N) is 1. The van der Waals surface area contributed by atoms with Crippen LogP contribution >= 0.6 is 0 Å². The van der Waals surface area contributed by atoms with Crippen LogP contribution in [-0.4, -0.2) is 11.4 Å². The predicted octanol–water partition coefficient (Wildman–Crippen LogP) is -2.14. The van der Waals surface area contributed by atoms with E-state index in [9.17, 15) is 0 Å². The van der Waals surface area contributed by atoms with Crippen molar-refractivity contribution in [2.75, 3.05) is 11.6 Å². The molecule has 66 valence electrons. The highest BCUT2D eigenvalue weighted by Gasteiger charge is 1.98. The summed E-state index contributed by atoms with van der Waals surface area (Å²) < 4.78 is 0. The molecule has 1 aromatic carbocycles. The van der Waals surface area contributed by atoms with Gasteiger partial charge in [-0.25, -0.2) is 5.73 Å². The number of anilines is 1. The van der Waals surface area contributed by atoms with E-state index in [2.05, 4.69) is 5.32 Å². The summed E-state index contributed by atoms with van der Waals surface area (Å²) in [6, 6.07) is 9.86. The number of hydrogen-bond acceptors (Lipinski definition) is 0. The molecular weight excluding hydrogens is 283 g/mol. The van der Waals surface area contributed by atoms with Gasteiger partial charge in [-0.15, -0.1) is 0 Å². The van der Waals surface area contributed by atoms with Crippen LogP contribution in [0.2, 0.25) is 0 Å². The van der Waals surface area contributed by atoms with Gasteiger partial charge in [0.15, 0.2) is 6.26 Å². The second kappa shape index (κ2) is 6.33. The first-order chi connectivity index (χ1) is 5.33. The fraction of sp³-hybridized carbons (Fsp3) is 0.125. The van der Waals surface area contributed by atoms with Crippen molar-refractivity contribution in [3.05, 3.63) is 30.3 Å². The van der Waals surface area contributed by atoms with Crippen LogP contribution in [0.3, 0.4) is 0 Å². The first-order valence-electron chi connectivity index (χ1n) is 3.31. The predicted molar refractivity (Wildman–Crippen MR) is 52.5 cm³/mol. The average molecular weight is 294 g/mol. The molecule has 3 N–H and O–H groups in total. The van der Waals surface area contributed by atoms with Crippen molar-refractivity contribution in [1.29, 1.82) is 0 Å². The Balaban J connectivity index is 0.00000121. The SMILES string of the molecule is C/[S+]=C(\N)Nc1ccccc1.[I-]. The highest BCUT2D eigenvalue weighted by atomic mass is 127. The zero-order chi connectivity index (χ0) is 8.10. The maximum absolute atomic E-state index is 5.57. The van der Waals surface area contributed by atoms with E-state index in [4.69, 9.17) is 5.73 Å². The third-order valence-electron chi connectivity index (χ3n) is 1.26. The van der Waals surface area contributed by atoms with Gasteiger partial charge >= 0.3 is 5.11 Å². The van der Waals surface area contributed by atoms with Gasteiger partial charge in [0.25, 0.3) is 0 Å². The molecule has 0 radical (unpaired) electrons. The monoisotopic (exact) mass is 294 g/mol. The minimum absolute atomic E-state index is 0. The molecule has 0 aliphatic heterocycles. The van der Waals surface area contributed by atoms with E-state index >= 15 is 0 Å². The zero-order valence-electron chi connectivity index (χ0n) is 6.75. The van der Waals surface area contributed by atoms with Gasteiger partial charge in [-0.2, -0.15) is 0 Å². The van der Waals surface area contributed by atoms with E-state index in [0.717, 1.165) is 10.8 Å². The van der Waals surface area contributed by atoms with Gasteiger partial charge in [-0.3, -0.25) is 5.32 Å². The molecule has 1 rings (SSSR count). The maximum Gasteiger partial charge on any atom is 0.342 e. The highest BCUT2D eigenvalue weighted by molar-refractivity contribution is 7.78. The fourth-order valence-corrected chi connectivity index (χ4v) is 0.935. The molecule has 0 aliphatic rings. The fourth-order valence-electron chi connectivity index (χ4n) is 0.715. The lowest BCUT2D eigenvalue weighted by molar-refractivity contribution is -0.00000231. The van der Waals surface area contributed by atoms with Gasteiger partial charge in [0.2, 0.25) is 11.4 Å². The van der Waals surface area contributed by atoms with Crippen molar-refractivity contribution < 1.29 is 24.0 Å². The smallest absolute Gasteiger partial charge is 0.342 e. The van der Waals surface area contributed by atoms with Crippen LogP contribution in [0.1, 0.15) is 0 Å². The molecule has 0 amide bonds. The first kappa shape index (κ1) is 11.8. The van der Waals surface area contributed by atoms with Crippen LogP contribution in [0.15, 0.2) is 30.3 Å². The van der Waals surface area contributed by atoms with E-state index in [-0.39, 0.29) is 24.0 Å². The molecule has 1 aromatic rings. The Kier molecular flexibility index (Phi) is 6.23. The Morgan fingerprint density at radius 2 is 1.92 bits per heavy atom. The summed E-state index contributed by atoms with van der Waals surface area (Å²) in [7, 11) is 0. The van der Waals surface area contributed by atoms with E-state index in [1.165, 1.54) is 11.4 Å². The van der Waals surface area contributed by atoms with E-state index in [1.54, 1.807) is 0 Å². The Bertz CT molecular complexity index is 248. The van der Waals surface area contributed by atoms with E-state index < -0.39 is 0 Å². The van der Waals surface area contributed by atoms with Crippen LogP contribution in [0.4, 0.5) is 5.69 Å². The van der Waals surface area contributed by atoms with Gasteiger partial charge in [0, 0.05) is 5.69 Å². The molecule has 0 saturated carbocycles. The zero-order valence-corrected chi connectivity index (χ0v) is 9.72. The van der Waals surface area contributed by atoms with Crippen LogP contribution in [0, 0.1) is 0 Å². The number of hydrogen-bond donors (Lipinski definition) is 2. The number of nitrogens with two attached hydrogens (primary N) is 1. The molecule has 0 spiro atoms. The highest BCUT2D eigenvalue weighted by Crippen LogP contribution is 2.03. The molecule has 4 heteroatoms. The van der Waals surface area contributed by atoms with Crippen molar-refractivity contribution >= 4 is 22.2 Å². The molecular formula is C8H11IN2S. The molecule has 0 bridgehead atoms. The van der Waals surface area contributed by atoms with Gasteiger partial charge < -0.3 is 24.0 Å². The Morgan fingerprint density at radius 1 is 1.33 bits per heavy atom. The van der Waals surface area contributed by atoms with Gasteiger partial charge in [-0.1, -0.05) is 18.2 Å². The summed E-state index contributed by atoms with van der Waals surface area (Å²) in [6.45, 7) is 0. The topological polar surface area (TPSA) is 38.0 Å². The minimum Gasteiger partial charge on any atom is -1.00 e. The van der Waals surface area contributed by atoms with Gasteiger partial charge in [0.1, 0.15) is 0 Å². The van der Waals surface area contributed by atoms with Gasteiger partial charge in [-0.05, 0) is 12.1 Å². The van der Waals surface area contributed by atoms with Crippen molar-refractivity contribution in [2.45, 2.75) is 0 Å². The third kappa shape index (κ3) is 3.99. The molecule has 0 heterocycles. The Hall–Kier alpha value is -0.200. The lowest BCUT2D eigenvalue weighted by Crippen LogP contribution is -3.00. The van der Waals surface area contributed by atoms with Crippen LogP contribution in [0.5, 0.6) is 0 Å². The van der Waals surface area contributed by atoms with Crippen LogP contribution < -0.4 is 35.0 Å². The molecule has 0 saturated heterocycles. The quantitative estimate of drug-likeness (QED) is 0.352.